The molecule has 1 heterocycles. The minimum Gasteiger partial charge on any atom is -0.452 e. The normalized spacial score (nSPS) is 16.0. The molecule has 0 aliphatic carbocycles. The first-order valence-corrected chi connectivity index (χ1v) is 9.61. The van der Waals surface area contributed by atoms with Crippen molar-refractivity contribution in [2.24, 2.45) is 5.14 Å². The highest BCUT2D eigenvalue weighted by atomic mass is 32.2. The first-order valence-electron chi connectivity index (χ1n) is 8.06. The number of carbonyl (C=O) groups excluding carboxylic acids is 2. The molecule has 138 valence electrons. The quantitative estimate of drug-likeness (QED) is 0.805. The number of likely N-dealkylation sites (tertiary alicyclic amines) is 1. The lowest BCUT2D eigenvalue weighted by Crippen LogP contribution is -2.37. The predicted octanol–water partition coefficient (Wildman–Crippen LogP) is 1.42. The van der Waals surface area contributed by atoms with Gasteiger partial charge in [0.2, 0.25) is 10.0 Å². The highest BCUT2D eigenvalue weighted by Crippen LogP contribution is 2.15. The van der Waals surface area contributed by atoms with Crippen molar-refractivity contribution in [3.63, 3.8) is 0 Å². The number of carbonyl (C=O) groups is 2. The van der Waals surface area contributed by atoms with Crippen molar-refractivity contribution in [3.05, 3.63) is 29.6 Å². The second-order valence-electron chi connectivity index (χ2n) is 5.91. The van der Waals surface area contributed by atoms with Crippen molar-refractivity contribution < 1.29 is 27.1 Å². The van der Waals surface area contributed by atoms with E-state index < -0.39 is 38.9 Å². The largest absolute Gasteiger partial charge is 0.452 e. The van der Waals surface area contributed by atoms with E-state index in [1.807, 2.05) is 0 Å². The molecule has 9 heteroatoms. The van der Waals surface area contributed by atoms with Crippen LogP contribution in [0.5, 0.6) is 0 Å². The van der Waals surface area contributed by atoms with Crippen LogP contribution >= 0.6 is 0 Å². The van der Waals surface area contributed by atoms with Gasteiger partial charge in [0.1, 0.15) is 5.82 Å². The van der Waals surface area contributed by atoms with Gasteiger partial charge < -0.3 is 9.64 Å². The van der Waals surface area contributed by atoms with Crippen molar-refractivity contribution in [2.75, 3.05) is 19.7 Å². The summed E-state index contributed by atoms with van der Waals surface area (Å²) in [5, 5.41) is 4.96. The summed E-state index contributed by atoms with van der Waals surface area (Å²) in [5.41, 5.74) is -0.577. The lowest BCUT2D eigenvalue weighted by Gasteiger charge is -2.24. The maximum atomic E-state index is 13.8. The molecule has 1 fully saturated rings. The number of primary sulfonamides is 1. The van der Waals surface area contributed by atoms with Crippen LogP contribution in [-0.2, 0) is 19.6 Å². The molecule has 1 aromatic carbocycles. The summed E-state index contributed by atoms with van der Waals surface area (Å²) >= 11 is 0. The number of amides is 1. The maximum Gasteiger partial charge on any atom is 0.341 e. The molecular weight excluding hydrogens is 351 g/mol. The summed E-state index contributed by atoms with van der Waals surface area (Å²) in [7, 11) is -4.08. The lowest BCUT2D eigenvalue weighted by molar-refractivity contribution is -0.134. The van der Waals surface area contributed by atoms with Gasteiger partial charge >= 0.3 is 5.97 Å². The summed E-state index contributed by atoms with van der Waals surface area (Å²) in [6.45, 7) is 0.690. The molecule has 0 radical (unpaired) electrons. The zero-order valence-electron chi connectivity index (χ0n) is 13.7. The van der Waals surface area contributed by atoms with Gasteiger partial charge in [-0.25, -0.2) is 22.7 Å². The van der Waals surface area contributed by atoms with E-state index >= 15 is 0 Å². The van der Waals surface area contributed by atoms with Crippen LogP contribution in [0, 0.1) is 5.82 Å². The van der Waals surface area contributed by atoms with Gasteiger partial charge in [0, 0.05) is 13.1 Å². The third-order valence-corrected chi connectivity index (χ3v) is 4.93. The fourth-order valence-electron chi connectivity index (χ4n) is 2.63. The third kappa shape index (κ3) is 5.50. The number of nitrogens with two attached hydrogens (primary N) is 1. The van der Waals surface area contributed by atoms with Crippen LogP contribution in [0.4, 0.5) is 4.39 Å². The van der Waals surface area contributed by atoms with Crippen LogP contribution in [0.1, 0.15) is 42.5 Å². The molecule has 1 saturated heterocycles. The monoisotopic (exact) mass is 372 g/mol. The average molecular weight is 372 g/mol. The van der Waals surface area contributed by atoms with E-state index in [4.69, 9.17) is 9.88 Å². The Hall–Kier alpha value is -2.00. The van der Waals surface area contributed by atoms with Crippen molar-refractivity contribution in [3.8, 4) is 0 Å². The number of ether oxygens (including phenoxy) is 1. The molecular formula is C16H21FN2O5S. The molecule has 2 N–H and O–H groups in total. The SMILES string of the molecule is NS(=O)(=O)c1ccc(F)c(C(=O)OCC(=O)N2CCCCCCC2)c1. The van der Waals surface area contributed by atoms with Gasteiger partial charge in [0.15, 0.2) is 6.61 Å². The number of esters is 1. The number of sulfonamides is 1. The van der Waals surface area contributed by atoms with Crippen LogP contribution in [0.3, 0.4) is 0 Å². The van der Waals surface area contributed by atoms with E-state index in [0.717, 1.165) is 50.3 Å². The van der Waals surface area contributed by atoms with E-state index in [-0.39, 0.29) is 5.91 Å². The van der Waals surface area contributed by atoms with E-state index in [9.17, 15) is 22.4 Å². The van der Waals surface area contributed by atoms with Gasteiger partial charge in [0.05, 0.1) is 10.5 Å². The first-order chi connectivity index (χ1) is 11.8. The molecule has 1 amide bonds. The standard InChI is InChI=1S/C16H21FN2O5S/c17-14-7-6-12(25(18,22)23)10-13(14)16(21)24-11-15(20)19-8-4-2-1-3-5-9-19/h6-7,10H,1-5,8-9,11H2,(H2,18,22,23). The molecule has 0 atom stereocenters. The van der Waals surface area contributed by atoms with E-state index in [0.29, 0.717) is 13.1 Å². The smallest absolute Gasteiger partial charge is 0.341 e. The Kier molecular flexibility index (Phi) is 6.49. The average Bonchev–Trinajstić information content (AvgIpc) is 2.51. The van der Waals surface area contributed by atoms with Gasteiger partial charge in [-0.3, -0.25) is 4.79 Å². The summed E-state index contributed by atoms with van der Waals surface area (Å²) < 4.78 is 41.2. The van der Waals surface area contributed by atoms with Crippen LogP contribution in [0.2, 0.25) is 0 Å². The fourth-order valence-corrected chi connectivity index (χ4v) is 3.17. The number of halogens is 1. The second-order valence-corrected chi connectivity index (χ2v) is 7.47. The maximum absolute atomic E-state index is 13.8. The Morgan fingerprint density at radius 2 is 1.72 bits per heavy atom. The number of nitrogens with zero attached hydrogens (tertiary/aromatic N) is 1. The summed E-state index contributed by atoms with van der Waals surface area (Å²) in [5.74, 6) is -2.40. The number of hydrogen-bond donors (Lipinski definition) is 1. The fraction of sp³-hybridized carbons (Fsp3) is 0.500. The van der Waals surface area contributed by atoms with E-state index in [2.05, 4.69) is 0 Å². The highest BCUT2D eigenvalue weighted by molar-refractivity contribution is 7.89. The third-order valence-electron chi connectivity index (χ3n) is 4.02. The molecule has 1 aliphatic rings. The van der Waals surface area contributed by atoms with Crippen molar-refractivity contribution >= 4 is 21.9 Å². The number of benzene rings is 1. The van der Waals surface area contributed by atoms with Gasteiger partial charge in [-0.15, -0.1) is 0 Å². The summed E-state index contributed by atoms with van der Waals surface area (Å²) in [4.78, 5) is 25.4. The van der Waals surface area contributed by atoms with Gasteiger partial charge in [0.25, 0.3) is 5.91 Å². The van der Waals surface area contributed by atoms with Crippen LogP contribution < -0.4 is 5.14 Å². The van der Waals surface area contributed by atoms with Gasteiger partial charge in [-0.1, -0.05) is 19.3 Å². The second kappa shape index (κ2) is 8.39. The topological polar surface area (TPSA) is 107 Å². The lowest BCUT2D eigenvalue weighted by atomic mass is 10.1. The van der Waals surface area contributed by atoms with E-state index in [1.165, 1.54) is 0 Å². The van der Waals surface area contributed by atoms with Gasteiger partial charge in [-0.2, -0.15) is 0 Å². The highest BCUT2D eigenvalue weighted by Gasteiger charge is 2.21. The Labute approximate surface area is 146 Å². The molecule has 2 rings (SSSR count). The molecule has 7 nitrogen and oxygen atoms in total. The van der Waals surface area contributed by atoms with Crippen molar-refractivity contribution in [2.45, 2.75) is 37.0 Å². The Balaban J connectivity index is 2.01. The molecule has 1 aromatic rings. The zero-order valence-corrected chi connectivity index (χ0v) is 14.6. The molecule has 0 unspecified atom stereocenters. The molecule has 0 spiro atoms. The zero-order chi connectivity index (χ0) is 18.4. The van der Waals surface area contributed by atoms with Crippen LogP contribution in [0.25, 0.3) is 0 Å². The molecule has 1 aliphatic heterocycles. The minimum atomic E-state index is -4.08. The molecule has 0 bridgehead atoms. The summed E-state index contributed by atoms with van der Waals surface area (Å²) in [6, 6.07) is 2.57. The molecule has 0 aromatic heterocycles. The predicted molar refractivity (Wildman–Crippen MR) is 87.7 cm³/mol. The Morgan fingerprint density at radius 3 is 2.32 bits per heavy atom. The van der Waals surface area contributed by atoms with E-state index in [1.54, 1.807) is 4.90 Å². The van der Waals surface area contributed by atoms with Crippen molar-refractivity contribution in [1.82, 2.24) is 4.90 Å². The number of rotatable bonds is 4. The van der Waals surface area contributed by atoms with Gasteiger partial charge in [-0.05, 0) is 31.0 Å². The van der Waals surface area contributed by atoms with Crippen LogP contribution in [0.15, 0.2) is 23.1 Å². The summed E-state index contributed by atoms with van der Waals surface area (Å²) in [6.07, 6.45) is 5.04. The molecule has 25 heavy (non-hydrogen) atoms. The number of hydrogen-bond acceptors (Lipinski definition) is 5. The Bertz CT molecular complexity index is 743. The van der Waals surface area contributed by atoms with Crippen molar-refractivity contribution in [1.29, 1.82) is 0 Å². The first kappa shape index (κ1) is 19.3. The Morgan fingerprint density at radius 1 is 1.12 bits per heavy atom. The molecule has 0 saturated carbocycles. The minimum absolute atomic E-state index is 0.349. The van der Waals surface area contributed by atoms with Crippen LogP contribution in [-0.4, -0.2) is 44.9 Å².